The van der Waals surface area contributed by atoms with Crippen LogP contribution in [0.15, 0.2) is 30.3 Å². The Bertz CT molecular complexity index is 807. The molecule has 0 amide bonds. The Labute approximate surface area is 137 Å². The van der Waals surface area contributed by atoms with Gasteiger partial charge in [0.2, 0.25) is 13.6 Å². The highest BCUT2D eigenvalue weighted by atomic mass is 16.7. The van der Waals surface area contributed by atoms with E-state index in [4.69, 9.17) is 18.9 Å². The van der Waals surface area contributed by atoms with E-state index >= 15 is 0 Å². The van der Waals surface area contributed by atoms with Gasteiger partial charge in [0, 0.05) is 18.7 Å². The maximum atomic E-state index is 11.2. The minimum atomic E-state index is -0.417. The Morgan fingerprint density at radius 3 is 2.33 bits per heavy atom. The van der Waals surface area contributed by atoms with E-state index in [0.29, 0.717) is 35.9 Å². The van der Waals surface area contributed by atoms with Crippen molar-refractivity contribution in [1.82, 2.24) is 5.32 Å². The zero-order chi connectivity index (χ0) is 16.5. The molecule has 2 aromatic carbocycles. The monoisotopic (exact) mass is 330 g/mol. The predicted octanol–water partition coefficient (Wildman–Crippen LogP) is 2.34. The highest BCUT2D eigenvalue weighted by molar-refractivity contribution is 5.55. The molecule has 0 spiro atoms. The van der Waals surface area contributed by atoms with Crippen molar-refractivity contribution in [2.24, 2.45) is 0 Å². The van der Waals surface area contributed by atoms with Crippen LogP contribution in [0.4, 0.5) is 5.69 Å². The van der Waals surface area contributed by atoms with Crippen LogP contribution in [0.5, 0.6) is 23.0 Å². The van der Waals surface area contributed by atoms with Gasteiger partial charge in [-0.05, 0) is 23.8 Å². The van der Waals surface area contributed by atoms with Crippen molar-refractivity contribution < 1.29 is 23.9 Å². The van der Waals surface area contributed by atoms with Gasteiger partial charge >= 0.3 is 0 Å². The highest BCUT2D eigenvalue weighted by Gasteiger charge is 2.23. The molecule has 24 heavy (non-hydrogen) atoms. The second kappa shape index (κ2) is 5.89. The quantitative estimate of drug-likeness (QED) is 0.664. The fourth-order valence-electron chi connectivity index (χ4n) is 2.68. The number of fused-ring (bicyclic) bond motifs is 2. The van der Waals surface area contributed by atoms with Crippen molar-refractivity contribution in [2.75, 3.05) is 13.6 Å². The molecule has 2 aliphatic rings. The summed E-state index contributed by atoms with van der Waals surface area (Å²) in [6.45, 7) is 1.19. The largest absolute Gasteiger partial charge is 0.454 e. The Hall–Kier alpha value is -3.00. The van der Waals surface area contributed by atoms with Crippen molar-refractivity contribution in [3.8, 4) is 23.0 Å². The Balaban J connectivity index is 1.47. The third kappa shape index (κ3) is 2.67. The van der Waals surface area contributed by atoms with E-state index in [1.165, 1.54) is 6.07 Å². The molecular formula is C16H14N2O6. The van der Waals surface area contributed by atoms with Crippen LogP contribution in [-0.2, 0) is 13.1 Å². The smallest absolute Gasteiger partial charge is 0.277 e. The second-order valence-electron chi connectivity index (χ2n) is 5.38. The minimum Gasteiger partial charge on any atom is -0.454 e. The first-order chi connectivity index (χ1) is 11.7. The van der Waals surface area contributed by atoms with Crippen molar-refractivity contribution >= 4 is 5.69 Å². The number of nitro benzene ring substituents is 1. The number of rotatable bonds is 5. The summed E-state index contributed by atoms with van der Waals surface area (Å²) in [6.07, 6.45) is 0. The van der Waals surface area contributed by atoms with Gasteiger partial charge in [-0.15, -0.1) is 0 Å². The normalized spacial score (nSPS) is 14.0. The van der Waals surface area contributed by atoms with E-state index in [-0.39, 0.29) is 19.3 Å². The zero-order valence-corrected chi connectivity index (χ0v) is 12.6. The lowest BCUT2D eigenvalue weighted by Crippen LogP contribution is -2.13. The number of nitrogens with zero attached hydrogens (tertiary/aromatic N) is 1. The van der Waals surface area contributed by atoms with Crippen molar-refractivity contribution in [1.29, 1.82) is 0 Å². The maximum absolute atomic E-state index is 11.2. The van der Waals surface area contributed by atoms with Crippen LogP contribution in [0.1, 0.15) is 11.1 Å². The van der Waals surface area contributed by atoms with E-state index in [1.807, 2.05) is 18.2 Å². The molecule has 0 aliphatic carbocycles. The van der Waals surface area contributed by atoms with Crippen LogP contribution >= 0.6 is 0 Å². The molecule has 0 saturated heterocycles. The van der Waals surface area contributed by atoms with Crippen LogP contribution in [0, 0.1) is 10.1 Å². The molecule has 4 rings (SSSR count). The first-order valence-electron chi connectivity index (χ1n) is 7.37. The molecule has 0 aromatic heterocycles. The van der Waals surface area contributed by atoms with Gasteiger partial charge in [0.1, 0.15) is 0 Å². The van der Waals surface area contributed by atoms with Gasteiger partial charge < -0.3 is 24.3 Å². The molecule has 0 bridgehead atoms. The number of hydrogen-bond acceptors (Lipinski definition) is 7. The summed E-state index contributed by atoms with van der Waals surface area (Å²) >= 11 is 0. The Morgan fingerprint density at radius 1 is 0.917 bits per heavy atom. The average Bonchev–Trinajstić information content (AvgIpc) is 3.21. The van der Waals surface area contributed by atoms with E-state index in [9.17, 15) is 10.1 Å². The summed E-state index contributed by atoms with van der Waals surface area (Å²) in [7, 11) is 0. The number of hydrogen-bond donors (Lipinski definition) is 1. The molecule has 0 saturated carbocycles. The number of nitro groups is 1. The average molecular weight is 330 g/mol. The lowest BCUT2D eigenvalue weighted by molar-refractivity contribution is -0.385. The second-order valence-corrected chi connectivity index (χ2v) is 5.38. The summed E-state index contributed by atoms with van der Waals surface area (Å²) < 4.78 is 21.1. The Kier molecular flexibility index (Phi) is 3.58. The minimum absolute atomic E-state index is 0.0115. The van der Waals surface area contributed by atoms with Crippen LogP contribution < -0.4 is 24.3 Å². The first-order valence-corrected chi connectivity index (χ1v) is 7.37. The molecule has 8 nitrogen and oxygen atoms in total. The summed E-state index contributed by atoms with van der Waals surface area (Å²) in [5.41, 5.74) is 1.56. The first kappa shape index (κ1) is 14.6. The van der Waals surface area contributed by atoms with Crippen LogP contribution in [0.2, 0.25) is 0 Å². The summed E-state index contributed by atoms with van der Waals surface area (Å²) in [5, 5.41) is 14.4. The molecule has 2 aliphatic heterocycles. The van der Waals surface area contributed by atoms with E-state index < -0.39 is 4.92 Å². The fraction of sp³-hybridized carbons (Fsp3) is 0.250. The fourth-order valence-corrected chi connectivity index (χ4v) is 2.68. The SMILES string of the molecule is O=[N+]([O-])c1cc2c(cc1CNCc1ccc3c(c1)OCO3)OCO2. The van der Waals surface area contributed by atoms with Crippen molar-refractivity contribution in [2.45, 2.75) is 13.1 Å². The van der Waals surface area contributed by atoms with Gasteiger partial charge in [-0.25, -0.2) is 0 Å². The molecular weight excluding hydrogens is 316 g/mol. The number of benzene rings is 2. The predicted molar refractivity (Wildman–Crippen MR) is 82.3 cm³/mol. The lowest BCUT2D eigenvalue weighted by atomic mass is 10.1. The standard InChI is InChI=1S/C16H14N2O6/c19-18(20)12-5-16-15(23-9-24-16)4-11(12)7-17-6-10-1-2-13-14(3-10)22-8-21-13/h1-5,17H,6-9H2. The van der Waals surface area contributed by atoms with Gasteiger partial charge in [-0.3, -0.25) is 10.1 Å². The molecule has 8 heteroatoms. The molecule has 0 fully saturated rings. The van der Waals surface area contributed by atoms with Crippen molar-refractivity contribution in [3.05, 3.63) is 51.6 Å². The summed E-state index contributed by atoms with van der Waals surface area (Å²) in [5.74, 6) is 2.37. The van der Waals surface area contributed by atoms with E-state index in [0.717, 1.165) is 11.3 Å². The lowest BCUT2D eigenvalue weighted by Gasteiger charge is -2.08. The number of nitrogens with one attached hydrogen (secondary N) is 1. The molecule has 2 heterocycles. The van der Waals surface area contributed by atoms with Gasteiger partial charge in [-0.1, -0.05) is 6.07 Å². The molecule has 1 N–H and O–H groups in total. The Morgan fingerprint density at radius 2 is 1.58 bits per heavy atom. The molecule has 0 unspecified atom stereocenters. The van der Waals surface area contributed by atoms with Gasteiger partial charge in [0.15, 0.2) is 23.0 Å². The van der Waals surface area contributed by atoms with Gasteiger partial charge in [0.25, 0.3) is 5.69 Å². The maximum Gasteiger partial charge on any atom is 0.277 e. The molecule has 0 atom stereocenters. The van der Waals surface area contributed by atoms with Gasteiger partial charge in [-0.2, -0.15) is 0 Å². The van der Waals surface area contributed by atoms with E-state index in [1.54, 1.807) is 6.07 Å². The van der Waals surface area contributed by atoms with E-state index in [2.05, 4.69) is 5.32 Å². The van der Waals surface area contributed by atoms with Crippen LogP contribution in [-0.4, -0.2) is 18.5 Å². The third-order valence-electron chi connectivity index (χ3n) is 3.85. The van der Waals surface area contributed by atoms with Crippen LogP contribution in [0.3, 0.4) is 0 Å². The molecule has 2 aromatic rings. The molecule has 0 radical (unpaired) electrons. The van der Waals surface area contributed by atoms with Gasteiger partial charge in [0.05, 0.1) is 11.0 Å². The molecule has 124 valence electrons. The summed E-state index contributed by atoms with van der Waals surface area (Å²) in [6, 6.07) is 8.72. The zero-order valence-electron chi connectivity index (χ0n) is 12.6. The third-order valence-corrected chi connectivity index (χ3v) is 3.85. The topological polar surface area (TPSA) is 92.1 Å². The van der Waals surface area contributed by atoms with Crippen LogP contribution in [0.25, 0.3) is 0 Å². The highest BCUT2D eigenvalue weighted by Crippen LogP contribution is 2.38. The number of ether oxygens (including phenoxy) is 4. The summed E-state index contributed by atoms with van der Waals surface area (Å²) in [4.78, 5) is 10.8. The van der Waals surface area contributed by atoms with Crippen molar-refractivity contribution in [3.63, 3.8) is 0 Å².